The third-order valence-corrected chi connectivity index (χ3v) is 5.92. The van der Waals surface area contributed by atoms with Crippen LogP contribution in [0.2, 0.25) is 0 Å². The first-order chi connectivity index (χ1) is 13.7. The number of amidine groups is 1. The number of nitrogens with zero attached hydrogens (tertiary/aromatic N) is 3. The maximum Gasteiger partial charge on any atom is 0.284 e. The second kappa shape index (κ2) is 8.00. The summed E-state index contributed by atoms with van der Waals surface area (Å²) >= 11 is 0. The van der Waals surface area contributed by atoms with Crippen LogP contribution < -0.4 is 5.32 Å². The fraction of sp³-hybridized carbons (Fsp3) is 0.263. The molecule has 152 valence electrons. The SMILES string of the molecule is Cc1ccc(C(=O)Nc2cccc(S(=O)(=O)/N=C3/CCCN3C)c2)cc1[N+](=O)[O-]. The second-order valence-corrected chi connectivity index (χ2v) is 8.35. The smallest absolute Gasteiger partial charge is 0.284 e. The minimum Gasteiger partial charge on any atom is -0.362 e. The number of rotatable bonds is 5. The highest BCUT2D eigenvalue weighted by Crippen LogP contribution is 2.22. The molecule has 1 N–H and O–H groups in total. The van der Waals surface area contributed by atoms with E-state index in [1.165, 1.54) is 42.5 Å². The number of aryl methyl sites for hydroxylation is 1. The highest BCUT2D eigenvalue weighted by atomic mass is 32.2. The number of carbonyl (C=O) groups excluding carboxylic acids is 1. The average molecular weight is 416 g/mol. The molecular weight excluding hydrogens is 396 g/mol. The molecule has 1 heterocycles. The van der Waals surface area contributed by atoms with Gasteiger partial charge in [0.2, 0.25) is 0 Å². The van der Waals surface area contributed by atoms with Crippen LogP contribution in [0.1, 0.15) is 28.8 Å². The Morgan fingerprint density at radius 3 is 2.66 bits per heavy atom. The lowest BCUT2D eigenvalue weighted by Gasteiger charge is -2.11. The number of sulfonamides is 1. The van der Waals surface area contributed by atoms with Gasteiger partial charge in [0.05, 0.1) is 9.82 Å². The number of anilines is 1. The van der Waals surface area contributed by atoms with E-state index >= 15 is 0 Å². The number of benzene rings is 2. The van der Waals surface area contributed by atoms with Crippen LogP contribution in [-0.2, 0) is 10.0 Å². The summed E-state index contributed by atoms with van der Waals surface area (Å²) in [6.07, 6.45) is 1.45. The molecule has 0 radical (unpaired) electrons. The number of hydrogen-bond donors (Lipinski definition) is 1. The van der Waals surface area contributed by atoms with Gasteiger partial charge in [-0.05, 0) is 37.6 Å². The lowest BCUT2D eigenvalue weighted by Crippen LogP contribution is -2.20. The van der Waals surface area contributed by atoms with Crippen LogP contribution in [0.3, 0.4) is 0 Å². The first-order valence-electron chi connectivity index (χ1n) is 8.89. The van der Waals surface area contributed by atoms with Crippen LogP contribution >= 0.6 is 0 Å². The minimum atomic E-state index is -3.92. The highest BCUT2D eigenvalue weighted by molar-refractivity contribution is 7.90. The van der Waals surface area contributed by atoms with E-state index in [1.807, 2.05) is 0 Å². The number of nitrogens with one attached hydrogen (secondary N) is 1. The summed E-state index contributed by atoms with van der Waals surface area (Å²) in [7, 11) is -2.13. The van der Waals surface area contributed by atoms with Gasteiger partial charge >= 0.3 is 0 Å². The third kappa shape index (κ3) is 4.60. The molecule has 2 aromatic carbocycles. The summed E-state index contributed by atoms with van der Waals surface area (Å²) in [6, 6.07) is 9.90. The normalized spacial score (nSPS) is 15.5. The summed E-state index contributed by atoms with van der Waals surface area (Å²) in [4.78, 5) is 24.7. The molecule has 0 aromatic heterocycles. The lowest BCUT2D eigenvalue weighted by molar-refractivity contribution is -0.385. The van der Waals surface area contributed by atoms with Crippen molar-refractivity contribution in [3.05, 3.63) is 63.7 Å². The summed E-state index contributed by atoms with van der Waals surface area (Å²) in [6.45, 7) is 2.34. The standard InChI is InChI=1S/C19H20N4O5S/c1-13-8-9-14(11-17(13)23(25)26)19(24)20-15-5-3-6-16(12-15)29(27,28)21-18-7-4-10-22(18)2/h3,5-6,8-9,11-12H,4,7,10H2,1-2H3,(H,20,24)/b21-18-. The van der Waals surface area contributed by atoms with Gasteiger partial charge < -0.3 is 10.2 Å². The largest absolute Gasteiger partial charge is 0.362 e. The van der Waals surface area contributed by atoms with Gasteiger partial charge in [-0.2, -0.15) is 8.42 Å². The van der Waals surface area contributed by atoms with E-state index in [2.05, 4.69) is 9.71 Å². The summed E-state index contributed by atoms with van der Waals surface area (Å²) in [5.74, 6) is -0.0732. The predicted molar refractivity (Wildman–Crippen MR) is 109 cm³/mol. The first kappa shape index (κ1) is 20.5. The number of hydrogen-bond acceptors (Lipinski definition) is 5. The summed E-state index contributed by atoms with van der Waals surface area (Å²) in [5, 5.41) is 13.6. The molecule has 9 nitrogen and oxygen atoms in total. The van der Waals surface area contributed by atoms with E-state index in [1.54, 1.807) is 18.9 Å². The first-order valence-corrected chi connectivity index (χ1v) is 10.3. The van der Waals surface area contributed by atoms with Crippen LogP contribution in [0.15, 0.2) is 51.8 Å². The van der Waals surface area contributed by atoms with Crippen LogP contribution in [-0.4, -0.2) is 43.6 Å². The number of carbonyl (C=O) groups is 1. The Morgan fingerprint density at radius 1 is 1.24 bits per heavy atom. The van der Waals surface area contributed by atoms with Crippen molar-refractivity contribution in [2.24, 2.45) is 4.40 Å². The fourth-order valence-corrected chi connectivity index (χ4v) is 4.13. The number of nitro groups is 1. The Bertz CT molecular complexity index is 1110. The second-order valence-electron chi connectivity index (χ2n) is 6.75. The summed E-state index contributed by atoms with van der Waals surface area (Å²) < 4.78 is 29.1. The van der Waals surface area contributed by atoms with Crippen molar-refractivity contribution in [2.75, 3.05) is 18.9 Å². The molecule has 3 rings (SSSR count). The molecule has 29 heavy (non-hydrogen) atoms. The zero-order chi connectivity index (χ0) is 21.2. The van der Waals surface area contributed by atoms with E-state index in [-0.39, 0.29) is 21.8 Å². The quantitative estimate of drug-likeness (QED) is 0.591. The van der Waals surface area contributed by atoms with Crippen LogP contribution in [0.4, 0.5) is 11.4 Å². The number of likely N-dealkylation sites (tertiary alicyclic amines) is 1. The van der Waals surface area contributed by atoms with Gasteiger partial charge in [0.1, 0.15) is 5.84 Å². The molecule has 1 aliphatic heterocycles. The van der Waals surface area contributed by atoms with Crippen LogP contribution in [0.25, 0.3) is 0 Å². The van der Waals surface area contributed by atoms with Crippen LogP contribution in [0, 0.1) is 17.0 Å². The monoisotopic (exact) mass is 416 g/mol. The molecule has 1 amide bonds. The molecule has 0 bridgehead atoms. The van der Waals surface area contributed by atoms with Gasteiger partial charge in [-0.15, -0.1) is 4.40 Å². The van der Waals surface area contributed by atoms with Gasteiger partial charge in [-0.1, -0.05) is 12.1 Å². The Labute approximate surface area is 168 Å². The maximum atomic E-state index is 12.6. The Balaban J connectivity index is 1.84. The average Bonchev–Trinajstić information content (AvgIpc) is 3.06. The van der Waals surface area contributed by atoms with Crippen molar-refractivity contribution in [3.63, 3.8) is 0 Å². The van der Waals surface area contributed by atoms with Gasteiger partial charge in [-0.3, -0.25) is 14.9 Å². The Hall–Kier alpha value is -3.27. The molecule has 0 atom stereocenters. The van der Waals surface area contributed by atoms with E-state index in [0.29, 0.717) is 17.8 Å². The third-order valence-electron chi connectivity index (χ3n) is 4.62. The van der Waals surface area contributed by atoms with Crippen molar-refractivity contribution in [1.82, 2.24) is 4.90 Å². The van der Waals surface area contributed by atoms with E-state index in [0.717, 1.165) is 13.0 Å². The highest BCUT2D eigenvalue weighted by Gasteiger charge is 2.21. The van der Waals surface area contributed by atoms with E-state index < -0.39 is 20.9 Å². The van der Waals surface area contributed by atoms with Gasteiger partial charge in [0.25, 0.3) is 21.6 Å². The van der Waals surface area contributed by atoms with Crippen molar-refractivity contribution in [2.45, 2.75) is 24.7 Å². The molecule has 0 aliphatic carbocycles. The molecule has 1 saturated heterocycles. The van der Waals surface area contributed by atoms with Crippen molar-refractivity contribution >= 4 is 33.1 Å². The molecule has 0 saturated carbocycles. The molecule has 0 unspecified atom stereocenters. The molecule has 0 spiro atoms. The molecule has 1 aliphatic rings. The van der Waals surface area contributed by atoms with Crippen molar-refractivity contribution < 1.29 is 18.1 Å². The number of amides is 1. The lowest BCUT2D eigenvalue weighted by atomic mass is 10.1. The topological polar surface area (TPSA) is 122 Å². The maximum absolute atomic E-state index is 12.6. The van der Waals surface area contributed by atoms with Crippen molar-refractivity contribution in [3.8, 4) is 0 Å². The molecule has 10 heteroatoms. The predicted octanol–water partition coefficient (Wildman–Crippen LogP) is 2.97. The van der Waals surface area contributed by atoms with Crippen molar-refractivity contribution in [1.29, 1.82) is 0 Å². The molecular formula is C19H20N4O5S. The fourth-order valence-electron chi connectivity index (χ4n) is 2.99. The van der Waals surface area contributed by atoms with Gasteiger partial charge in [-0.25, -0.2) is 0 Å². The zero-order valence-electron chi connectivity index (χ0n) is 16.0. The molecule has 1 fully saturated rings. The van der Waals surface area contributed by atoms with E-state index in [9.17, 15) is 23.3 Å². The minimum absolute atomic E-state index is 0.0435. The van der Waals surface area contributed by atoms with Crippen LogP contribution in [0.5, 0.6) is 0 Å². The van der Waals surface area contributed by atoms with Gasteiger partial charge in [0.15, 0.2) is 0 Å². The Morgan fingerprint density at radius 2 is 2.00 bits per heavy atom. The van der Waals surface area contributed by atoms with Gasteiger partial charge in [0, 0.05) is 42.9 Å². The zero-order valence-corrected chi connectivity index (χ0v) is 16.8. The Kier molecular flexibility index (Phi) is 5.64. The summed E-state index contributed by atoms with van der Waals surface area (Å²) in [5.41, 5.74) is 0.629. The van der Waals surface area contributed by atoms with E-state index in [4.69, 9.17) is 0 Å². The molecule has 2 aromatic rings. The number of nitro benzene ring substituents is 1.